The Morgan fingerprint density at radius 2 is 1.82 bits per heavy atom. The Morgan fingerprint density at radius 3 is 2.39 bits per heavy atom. The first-order chi connectivity index (χ1) is 17.3. The quantitative estimate of drug-likeness (QED) is 0.399. The standard InChI is InChI=1S/C23H28F6N4O5/c1-11-7-6-8-21(35,23(27,28)29)18-33-32-17(37-18)15-14(30-19(34)38-20(3,4)5)10-13(22(24,25)26)16(31-15)36-12(2)9-11/h10-12,35H,6-9H2,1-5H3,(H,30,34)/t11?,12-,21-/m1/s1. The second-order valence-corrected chi connectivity index (χ2v) is 10.3. The summed E-state index contributed by atoms with van der Waals surface area (Å²) in [5.74, 6) is -3.17. The van der Waals surface area contributed by atoms with E-state index in [0.29, 0.717) is 6.07 Å². The summed E-state index contributed by atoms with van der Waals surface area (Å²) in [6.07, 6.45) is -12.7. The maximum atomic E-state index is 14.0. The van der Waals surface area contributed by atoms with Crippen LogP contribution in [0.25, 0.3) is 11.6 Å². The molecule has 0 saturated carbocycles. The lowest BCUT2D eigenvalue weighted by Gasteiger charge is -2.28. The lowest BCUT2D eigenvalue weighted by molar-refractivity contribution is -0.277. The second kappa shape index (κ2) is 10.2. The first-order valence-corrected chi connectivity index (χ1v) is 11.7. The first-order valence-electron chi connectivity index (χ1n) is 11.7. The third kappa shape index (κ3) is 6.66. The molecule has 4 bridgehead atoms. The highest BCUT2D eigenvalue weighted by atomic mass is 19.4. The number of ether oxygens (including phenoxy) is 2. The minimum atomic E-state index is -5.20. The second-order valence-electron chi connectivity index (χ2n) is 10.3. The van der Waals surface area contributed by atoms with E-state index in [0.717, 1.165) is 0 Å². The van der Waals surface area contributed by atoms with Crippen molar-refractivity contribution in [3.05, 3.63) is 17.5 Å². The molecule has 0 fully saturated rings. The molecule has 1 aliphatic rings. The summed E-state index contributed by atoms with van der Waals surface area (Å²) in [5.41, 5.74) is -7.16. The molecule has 0 saturated heterocycles. The molecule has 0 spiro atoms. The molecule has 15 heteroatoms. The van der Waals surface area contributed by atoms with E-state index in [-0.39, 0.29) is 25.2 Å². The fraction of sp³-hybridized carbons (Fsp3) is 0.652. The minimum absolute atomic E-state index is 0.107. The minimum Gasteiger partial charge on any atom is -0.474 e. The van der Waals surface area contributed by atoms with Gasteiger partial charge in [-0.15, -0.1) is 10.2 Å². The van der Waals surface area contributed by atoms with E-state index in [2.05, 4.69) is 20.5 Å². The van der Waals surface area contributed by atoms with E-state index in [4.69, 9.17) is 13.9 Å². The Labute approximate surface area is 213 Å². The molecule has 3 rings (SSSR count). The molecule has 3 atom stereocenters. The summed E-state index contributed by atoms with van der Waals surface area (Å²) in [4.78, 5) is 16.2. The van der Waals surface area contributed by atoms with Gasteiger partial charge in [0.05, 0.1) is 11.8 Å². The molecule has 2 aromatic rings. The number of aliphatic hydroxyl groups is 1. The van der Waals surface area contributed by atoms with Gasteiger partial charge in [-0.1, -0.05) is 13.3 Å². The maximum absolute atomic E-state index is 14.0. The van der Waals surface area contributed by atoms with Crippen LogP contribution >= 0.6 is 0 Å². The average molecular weight is 554 g/mol. The van der Waals surface area contributed by atoms with E-state index >= 15 is 0 Å². The average Bonchev–Trinajstić information content (AvgIpc) is 3.21. The molecule has 2 N–H and O–H groups in total. The van der Waals surface area contributed by atoms with Crippen LogP contribution in [-0.2, 0) is 16.5 Å². The number of rotatable bonds is 1. The molecule has 212 valence electrons. The number of carbonyl (C=O) groups excluding carboxylic acids is 1. The molecule has 1 aliphatic heterocycles. The Bertz CT molecular complexity index is 1160. The zero-order valence-corrected chi connectivity index (χ0v) is 21.3. The fourth-order valence-electron chi connectivity index (χ4n) is 3.95. The first kappa shape index (κ1) is 29.5. The number of hydrogen-bond acceptors (Lipinski definition) is 8. The van der Waals surface area contributed by atoms with Crippen molar-refractivity contribution in [1.29, 1.82) is 0 Å². The summed E-state index contributed by atoms with van der Waals surface area (Å²) in [7, 11) is 0. The summed E-state index contributed by atoms with van der Waals surface area (Å²) in [5, 5.41) is 19.5. The number of amides is 1. The number of nitrogens with one attached hydrogen (secondary N) is 1. The third-order valence-electron chi connectivity index (χ3n) is 5.66. The SMILES string of the molecule is CC1CCC[C@](O)(C(F)(F)F)c2nnc(o2)-c2nc(c(C(F)(F)F)cc2NC(=O)OC(C)(C)C)O[C@H](C)C1. The molecule has 2 aromatic heterocycles. The van der Waals surface area contributed by atoms with Crippen LogP contribution in [0.4, 0.5) is 36.8 Å². The van der Waals surface area contributed by atoms with Crippen LogP contribution in [-0.4, -0.2) is 44.3 Å². The molecule has 38 heavy (non-hydrogen) atoms. The molecule has 0 aliphatic carbocycles. The van der Waals surface area contributed by atoms with Crippen LogP contribution in [0.1, 0.15) is 71.8 Å². The number of carbonyl (C=O) groups is 1. The summed E-state index contributed by atoms with van der Waals surface area (Å²) < 4.78 is 99.4. The zero-order valence-electron chi connectivity index (χ0n) is 21.3. The smallest absolute Gasteiger partial charge is 0.426 e. The predicted octanol–water partition coefficient (Wildman–Crippen LogP) is 6.22. The largest absolute Gasteiger partial charge is 0.474 e. The molecular weight excluding hydrogens is 526 g/mol. The Morgan fingerprint density at radius 1 is 1.16 bits per heavy atom. The Hall–Kier alpha value is -3.10. The van der Waals surface area contributed by atoms with E-state index in [9.17, 15) is 36.2 Å². The number of hydrogen-bond donors (Lipinski definition) is 2. The van der Waals surface area contributed by atoms with Crippen LogP contribution in [0.15, 0.2) is 10.5 Å². The van der Waals surface area contributed by atoms with Gasteiger partial charge in [-0.05, 0) is 58.9 Å². The number of pyridine rings is 1. The number of fused-ring (bicyclic) bond motifs is 5. The highest BCUT2D eigenvalue weighted by Gasteiger charge is 2.58. The number of aromatic nitrogens is 3. The van der Waals surface area contributed by atoms with Crippen molar-refractivity contribution < 1.29 is 50.1 Å². The van der Waals surface area contributed by atoms with Crippen LogP contribution in [0.2, 0.25) is 0 Å². The molecule has 3 heterocycles. The number of halogens is 6. The van der Waals surface area contributed by atoms with Gasteiger partial charge in [0.25, 0.3) is 11.8 Å². The van der Waals surface area contributed by atoms with Gasteiger partial charge in [-0.3, -0.25) is 5.32 Å². The number of alkyl halides is 6. The summed E-state index contributed by atoms with van der Waals surface area (Å²) >= 11 is 0. The van der Waals surface area contributed by atoms with Crippen molar-refractivity contribution in [1.82, 2.24) is 15.2 Å². The Balaban J connectivity index is 2.24. The van der Waals surface area contributed by atoms with Gasteiger partial charge in [0.1, 0.15) is 11.2 Å². The van der Waals surface area contributed by atoms with Crippen molar-refractivity contribution in [3.8, 4) is 17.5 Å². The summed E-state index contributed by atoms with van der Waals surface area (Å²) in [6, 6.07) is 0.490. The Kier molecular flexibility index (Phi) is 7.93. The van der Waals surface area contributed by atoms with E-state index < -0.39 is 76.8 Å². The van der Waals surface area contributed by atoms with Gasteiger partial charge in [-0.2, -0.15) is 26.3 Å². The lowest BCUT2D eigenvalue weighted by atomic mass is 9.91. The van der Waals surface area contributed by atoms with Crippen LogP contribution in [0.3, 0.4) is 0 Å². The number of nitrogens with zero attached hydrogens (tertiary/aromatic N) is 3. The zero-order chi connectivity index (χ0) is 28.7. The lowest BCUT2D eigenvalue weighted by Crippen LogP contribution is -2.42. The normalized spacial score (nSPS) is 23.3. The van der Waals surface area contributed by atoms with E-state index in [1.54, 1.807) is 6.92 Å². The van der Waals surface area contributed by atoms with E-state index in [1.165, 1.54) is 27.7 Å². The number of anilines is 1. The van der Waals surface area contributed by atoms with Crippen molar-refractivity contribution in [2.75, 3.05) is 5.32 Å². The van der Waals surface area contributed by atoms with Crippen molar-refractivity contribution >= 4 is 11.8 Å². The fourth-order valence-corrected chi connectivity index (χ4v) is 3.95. The van der Waals surface area contributed by atoms with Gasteiger partial charge >= 0.3 is 18.4 Å². The summed E-state index contributed by atoms with van der Waals surface area (Å²) in [6.45, 7) is 7.73. The maximum Gasteiger partial charge on any atom is 0.426 e. The highest BCUT2D eigenvalue weighted by Crippen LogP contribution is 2.45. The van der Waals surface area contributed by atoms with Crippen molar-refractivity contribution in [3.63, 3.8) is 0 Å². The molecule has 1 amide bonds. The highest BCUT2D eigenvalue weighted by molar-refractivity contribution is 5.89. The molecular formula is C23H28F6N4O5. The van der Waals surface area contributed by atoms with Crippen LogP contribution in [0, 0.1) is 5.92 Å². The van der Waals surface area contributed by atoms with Gasteiger partial charge < -0.3 is 19.0 Å². The molecule has 1 unspecified atom stereocenters. The van der Waals surface area contributed by atoms with Gasteiger partial charge in [0.15, 0.2) is 5.69 Å². The predicted molar refractivity (Wildman–Crippen MR) is 120 cm³/mol. The third-order valence-corrected chi connectivity index (χ3v) is 5.66. The molecule has 0 aromatic carbocycles. The van der Waals surface area contributed by atoms with Crippen molar-refractivity contribution in [2.24, 2.45) is 5.92 Å². The van der Waals surface area contributed by atoms with Crippen LogP contribution in [0.5, 0.6) is 5.88 Å². The molecule has 9 nitrogen and oxygen atoms in total. The van der Waals surface area contributed by atoms with Gasteiger partial charge in [-0.25, -0.2) is 9.78 Å². The monoisotopic (exact) mass is 554 g/mol. The topological polar surface area (TPSA) is 120 Å². The molecule has 0 radical (unpaired) electrons. The van der Waals surface area contributed by atoms with Crippen molar-refractivity contribution in [2.45, 2.75) is 90.0 Å². The van der Waals surface area contributed by atoms with Crippen LogP contribution < -0.4 is 10.1 Å². The van der Waals surface area contributed by atoms with E-state index in [1.807, 2.05) is 0 Å². The van der Waals surface area contributed by atoms with Gasteiger partial charge in [0.2, 0.25) is 11.5 Å². The van der Waals surface area contributed by atoms with Gasteiger partial charge in [0, 0.05) is 0 Å².